The van der Waals surface area contributed by atoms with Gasteiger partial charge < -0.3 is 14.5 Å². The number of methoxy groups -OCH3 is 1. The van der Waals surface area contributed by atoms with Crippen LogP contribution in [0.1, 0.15) is 44.6 Å². The highest BCUT2D eigenvalue weighted by Crippen LogP contribution is 2.47. The average Bonchev–Trinajstić information content (AvgIpc) is 2.89. The van der Waals surface area contributed by atoms with Gasteiger partial charge >= 0.3 is 0 Å². The van der Waals surface area contributed by atoms with E-state index in [2.05, 4.69) is 38.2 Å². The molecular weight excluding hydrogens is 226 g/mol. The molecule has 1 aromatic heterocycles. The van der Waals surface area contributed by atoms with Gasteiger partial charge in [0.05, 0.1) is 13.2 Å². The van der Waals surface area contributed by atoms with E-state index in [0.29, 0.717) is 17.9 Å². The van der Waals surface area contributed by atoms with Crippen LogP contribution in [0, 0.1) is 11.8 Å². The fraction of sp³-hybridized carbons (Fsp3) is 0.733. The topological polar surface area (TPSA) is 34.4 Å². The summed E-state index contributed by atoms with van der Waals surface area (Å²) in [6, 6.07) is 4.60. The van der Waals surface area contributed by atoms with Crippen molar-refractivity contribution in [2.24, 2.45) is 11.8 Å². The molecule has 0 saturated heterocycles. The largest absolute Gasteiger partial charge is 0.464 e. The van der Waals surface area contributed by atoms with E-state index in [1.165, 1.54) is 6.42 Å². The molecule has 3 atom stereocenters. The molecule has 2 rings (SSSR count). The van der Waals surface area contributed by atoms with Gasteiger partial charge in [-0.15, -0.1) is 0 Å². The number of rotatable bonds is 7. The van der Waals surface area contributed by atoms with Crippen LogP contribution in [0.15, 0.2) is 16.5 Å². The van der Waals surface area contributed by atoms with Gasteiger partial charge in [0.2, 0.25) is 0 Å². The van der Waals surface area contributed by atoms with E-state index in [9.17, 15) is 0 Å². The summed E-state index contributed by atoms with van der Waals surface area (Å²) in [6.07, 6.45) is 1.28. The van der Waals surface area contributed by atoms with Gasteiger partial charge in [0, 0.05) is 19.1 Å². The fourth-order valence-electron chi connectivity index (χ4n) is 2.31. The third-order valence-corrected chi connectivity index (χ3v) is 3.85. The van der Waals surface area contributed by atoms with Crippen LogP contribution in [0.25, 0.3) is 0 Å². The molecule has 0 spiro atoms. The van der Waals surface area contributed by atoms with Crippen LogP contribution in [0.4, 0.5) is 0 Å². The van der Waals surface area contributed by atoms with Crippen LogP contribution in [0.5, 0.6) is 0 Å². The second-order valence-electron chi connectivity index (χ2n) is 5.81. The molecule has 3 nitrogen and oxygen atoms in total. The maximum Gasteiger partial charge on any atom is 0.117 e. The van der Waals surface area contributed by atoms with Crippen LogP contribution in [-0.4, -0.2) is 19.8 Å². The van der Waals surface area contributed by atoms with E-state index < -0.39 is 0 Å². The molecule has 102 valence electrons. The monoisotopic (exact) mass is 251 g/mol. The molecule has 3 heteroatoms. The summed E-state index contributed by atoms with van der Waals surface area (Å²) in [4.78, 5) is 0. The van der Waals surface area contributed by atoms with Crippen molar-refractivity contribution in [1.29, 1.82) is 0 Å². The van der Waals surface area contributed by atoms with Gasteiger partial charge in [-0.2, -0.15) is 0 Å². The van der Waals surface area contributed by atoms with Gasteiger partial charge in [-0.3, -0.25) is 0 Å². The lowest BCUT2D eigenvalue weighted by Crippen LogP contribution is -2.37. The zero-order valence-corrected chi connectivity index (χ0v) is 11.9. The van der Waals surface area contributed by atoms with Gasteiger partial charge in [-0.25, -0.2) is 0 Å². The van der Waals surface area contributed by atoms with Crippen molar-refractivity contribution in [3.05, 3.63) is 23.7 Å². The molecule has 1 heterocycles. The molecule has 1 aliphatic rings. The van der Waals surface area contributed by atoms with Gasteiger partial charge in [0.25, 0.3) is 0 Å². The Morgan fingerprint density at radius 2 is 2.17 bits per heavy atom. The summed E-state index contributed by atoms with van der Waals surface area (Å²) < 4.78 is 11.1. The Morgan fingerprint density at radius 1 is 1.44 bits per heavy atom. The second kappa shape index (κ2) is 5.89. The Bertz CT molecular complexity index is 372. The lowest BCUT2D eigenvalue weighted by Gasteiger charge is -2.20. The van der Waals surface area contributed by atoms with Crippen LogP contribution in [0.3, 0.4) is 0 Å². The molecule has 1 aromatic rings. The third-order valence-electron chi connectivity index (χ3n) is 3.85. The third kappa shape index (κ3) is 3.36. The summed E-state index contributed by atoms with van der Waals surface area (Å²) in [5, 5.41) is 3.50. The lowest BCUT2D eigenvalue weighted by atomic mass is 10.1. The molecular formula is C15H25NO2. The summed E-state index contributed by atoms with van der Waals surface area (Å²) in [5.41, 5.74) is 0. The first-order valence-electron chi connectivity index (χ1n) is 6.92. The van der Waals surface area contributed by atoms with Gasteiger partial charge in [-0.1, -0.05) is 20.8 Å². The summed E-state index contributed by atoms with van der Waals surface area (Å²) in [7, 11) is 1.75. The van der Waals surface area contributed by atoms with Crippen molar-refractivity contribution in [2.75, 3.05) is 13.7 Å². The predicted octanol–water partition coefficient (Wildman–Crippen LogP) is 3.16. The number of hydrogen-bond acceptors (Lipinski definition) is 3. The van der Waals surface area contributed by atoms with Crippen LogP contribution >= 0.6 is 0 Å². The Labute approximate surface area is 110 Å². The highest BCUT2D eigenvalue weighted by molar-refractivity contribution is 5.17. The molecule has 1 N–H and O–H groups in total. The maximum atomic E-state index is 5.88. The Hall–Kier alpha value is -0.800. The van der Waals surface area contributed by atoms with Crippen LogP contribution in [0.2, 0.25) is 0 Å². The maximum absolute atomic E-state index is 5.88. The molecule has 0 radical (unpaired) electrons. The molecule has 0 aromatic carbocycles. The number of furan rings is 1. The van der Waals surface area contributed by atoms with Crippen molar-refractivity contribution >= 4 is 0 Å². The molecule has 0 amide bonds. The standard InChI is InChI=1S/C15H25NO2/c1-10(2)14(9-17-4)16-8-12-5-6-15(18-12)13-7-11(13)3/h5-6,10-11,13-14,16H,7-9H2,1-4H3. The fourth-order valence-corrected chi connectivity index (χ4v) is 2.31. The quantitative estimate of drug-likeness (QED) is 0.808. The predicted molar refractivity (Wildman–Crippen MR) is 72.6 cm³/mol. The number of ether oxygens (including phenoxy) is 1. The molecule has 1 saturated carbocycles. The van der Waals surface area contributed by atoms with Crippen molar-refractivity contribution in [1.82, 2.24) is 5.32 Å². The van der Waals surface area contributed by atoms with E-state index in [0.717, 1.165) is 30.6 Å². The first kappa shape index (κ1) is 13.6. The molecule has 0 aliphatic heterocycles. The van der Waals surface area contributed by atoms with Crippen molar-refractivity contribution in [3.8, 4) is 0 Å². The SMILES string of the molecule is COCC(NCc1ccc(C2CC2C)o1)C(C)C. The first-order chi connectivity index (χ1) is 8.61. The average molecular weight is 251 g/mol. The molecule has 3 unspecified atom stereocenters. The van der Waals surface area contributed by atoms with Crippen LogP contribution in [-0.2, 0) is 11.3 Å². The van der Waals surface area contributed by atoms with E-state index in [1.54, 1.807) is 7.11 Å². The highest BCUT2D eigenvalue weighted by atomic mass is 16.5. The minimum Gasteiger partial charge on any atom is -0.464 e. The molecule has 1 fully saturated rings. The summed E-state index contributed by atoms with van der Waals surface area (Å²) in [5.74, 6) is 4.22. The van der Waals surface area contributed by atoms with Crippen molar-refractivity contribution < 1.29 is 9.15 Å². The smallest absolute Gasteiger partial charge is 0.117 e. The van der Waals surface area contributed by atoms with Gasteiger partial charge in [0.15, 0.2) is 0 Å². The van der Waals surface area contributed by atoms with E-state index in [4.69, 9.17) is 9.15 Å². The van der Waals surface area contributed by atoms with Gasteiger partial charge in [-0.05, 0) is 30.4 Å². The highest BCUT2D eigenvalue weighted by Gasteiger charge is 2.36. The summed E-state index contributed by atoms with van der Waals surface area (Å²) in [6.45, 7) is 8.21. The molecule has 0 bridgehead atoms. The zero-order valence-electron chi connectivity index (χ0n) is 11.9. The summed E-state index contributed by atoms with van der Waals surface area (Å²) >= 11 is 0. The lowest BCUT2D eigenvalue weighted by molar-refractivity contribution is 0.145. The van der Waals surface area contributed by atoms with Crippen molar-refractivity contribution in [2.45, 2.75) is 45.7 Å². The van der Waals surface area contributed by atoms with E-state index >= 15 is 0 Å². The minimum atomic E-state index is 0.378. The van der Waals surface area contributed by atoms with Crippen molar-refractivity contribution in [3.63, 3.8) is 0 Å². The van der Waals surface area contributed by atoms with Crippen LogP contribution < -0.4 is 5.32 Å². The molecule has 1 aliphatic carbocycles. The minimum absolute atomic E-state index is 0.378. The Balaban J connectivity index is 1.83. The second-order valence-corrected chi connectivity index (χ2v) is 5.81. The Morgan fingerprint density at radius 3 is 2.72 bits per heavy atom. The Kier molecular flexibility index (Phi) is 4.46. The normalized spacial score (nSPS) is 24.5. The molecule has 18 heavy (non-hydrogen) atoms. The van der Waals surface area contributed by atoms with Gasteiger partial charge in [0.1, 0.15) is 11.5 Å². The zero-order chi connectivity index (χ0) is 13.1. The van der Waals surface area contributed by atoms with E-state index in [-0.39, 0.29) is 0 Å². The number of hydrogen-bond donors (Lipinski definition) is 1. The first-order valence-corrected chi connectivity index (χ1v) is 6.92. The van der Waals surface area contributed by atoms with E-state index in [1.807, 2.05) is 0 Å². The number of nitrogens with one attached hydrogen (secondary N) is 1.